The van der Waals surface area contributed by atoms with E-state index in [0.29, 0.717) is 13.0 Å². The first-order valence-electron chi connectivity index (χ1n) is 6.32. The van der Waals surface area contributed by atoms with Crippen molar-refractivity contribution in [3.8, 4) is 0 Å². The van der Waals surface area contributed by atoms with Crippen LogP contribution in [0.3, 0.4) is 0 Å². The third-order valence-electron chi connectivity index (χ3n) is 3.45. The third kappa shape index (κ3) is 3.09. The maximum atomic E-state index is 12.1. The number of hydrogen-bond acceptors (Lipinski definition) is 3. The highest BCUT2D eigenvalue weighted by molar-refractivity contribution is 5.77. The average Bonchev–Trinajstić information content (AvgIpc) is 2.88. The van der Waals surface area contributed by atoms with Gasteiger partial charge in [-0.1, -0.05) is 30.3 Å². The molecule has 4 heteroatoms. The number of amides is 1. The Morgan fingerprint density at radius 2 is 2.22 bits per heavy atom. The van der Waals surface area contributed by atoms with Crippen LogP contribution in [0.15, 0.2) is 30.3 Å². The van der Waals surface area contributed by atoms with Crippen LogP contribution in [0.25, 0.3) is 0 Å². The Bertz CT molecular complexity index is 394. The number of ether oxygens (including phenoxy) is 1. The molecule has 18 heavy (non-hydrogen) atoms. The summed E-state index contributed by atoms with van der Waals surface area (Å²) in [5.41, 5.74) is 7.06. The van der Waals surface area contributed by atoms with Crippen molar-refractivity contribution in [2.75, 3.05) is 20.2 Å². The molecule has 0 spiro atoms. The second-order valence-corrected chi connectivity index (χ2v) is 4.71. The predicted molar refractivity (Wildman–Crippen MR) is 70.0 cm³/mol. The Labute approximate surface area is 108 Å². The molecular formula is C14H20N2O2. The van der Waals surface area contributed by atoms with E-state index in [-0.39, 0.29) is 18.1 Å². The van der Waals surface area contributed by atoms with Gasteiger partial charge in [-0.3, -0.25) is 4.79 Å². The molecule has 2 atom stereocenters. The van der Waals surface area contributed by atoms with E-state index in [2.05, 4.69) is 0 Å². The standard InChI is InChI=1S/C14H20N2O2/c1-18-12-7-8-16(10-12)14(17)9-13(15)11-5-3-2-4-6-11/h2-6,12-13H,7-10,15H2,1H3. The molecule has 1 fully saturated rings. The molecule has 0 radical (unpaired) electrons. The zero-order valence-corrected chi connectivity index (χ0v) is 10.7. The maximum Gasteiger partial charge on any atom is 0.224 e. The Morgan fingerprint density at radius 1 is 1.50 bits per heavy atom. The number of methoxy groups -OCH3 is 1. The highest BCUT2D eigenvalue weighted by atomic mass is 16.5. The third-order valence-corrected chi connectivity index (χ3v) is 3.45. The SMILES string of the molecule is COC1CCN(C(=O)CC(N)c2ccccc2)C1. The first kappa shape index (κ1) is 13.1. The molecule has 0 bridgehead atoms. The summed E-state index contributed by atoms with van der Waals surface area (Å²) >= 11 is 0. The summed E-state index contributed by atoms with van der Waals surface area (Å²) in [6.45, 7) is 1.47. The van der Waals surface area contributed by atoms with Gasteiger partial charge in [0.2, 0.25) is 5.91 Å². The lowest BCUT2D eigenvalue weighted by Gasteiger charge is -2.19. The molecule has 98 valence electrons. The van der Waals surface area contributed by atoms with Gasteiger partial charge in [0, 0.05) is 32.7 Å². The minimum absolute atomic E-state index is 0.117. The van der Waals surface area contributed by atoms with Crippen molar-refractivity contribution in [3.63, 3.8) is 0 Å². The van der Waals surface area contributed by atoms with Crippen LogP contribution in [0.5, 0.6) is 0 Å². The molecule has 2 unspecified atom stereocenters. The molecular weight excluding hydrogens is 228 g/mol. The molecule has 1 aromatic carbocycles. The van der Waals surface area contributed by atoms with Gasteiger partial charge in [0.05, 0.1) is 6.10 Å². The molecule has 1 aliphatic rings. The van der Waals surface area contributed by atoms with Crippen molar-refractivity contribution in [1.82, 2.24) is 4.90 Å². The lowest BCUT2D eigenvalue weighted by Crippen LogP contribution is -2.32. The molecule has 0 aromatic heterocycles. The van der Waals surface area contributed by atoms with Crippen molar-refractivity contribution in [1.29, 1.82) is 0 Å². The quantitative estimate of drug-likeness (QED) is 0.874. The van der Waals surface area contributed by atoms with Crippen LogP contribution in [0.1, 0.15) is 24.4 Å². The van der Waals surface area contributed by atoms with Crippen LogP contribution in [0, 0.1) is 0 Å². The van der Waals surface area contributed by atoms with E-state index >= 15 is 0 Å². The van der Waals surface area contributed by atoms with E-state index < -0.39 is 0 Å². The predicted octanol–water partition coefficient (Wildman–Crippen LogP) is 1.32. The molecule has 1 aromatic rings. The highest BCUT2D eigenvalue weighted by Gasteiger charge is 2.26. The Kier molecular flexibility index (Phi) is 4.33. The molecule has 1 aliphatic heterocycles. The lowest BCUT2D eigenvalue weighted by molar-refractivity contribution is -0.131. The zero-order valence-electron chi connectivity index (χ0n) is 10.7. The minimum atomic E-state index is -0.222. The summed E-state index contributed by atoms with van der Waals surface area (Å²) in [6, 6.07) is 9.52. The number of carbonyl (C=O) groups excluding carboxylic acids is 1. The number of rotatable bonds is 4. The van der Waals surface area contributed by atoms with Crippen molar-refractivity contribution >= 4 is 5.91 Å². The Balaban J connectivity index is 1.88. The first-order valence-corrected chi connectivity index (χ1v) is 6.32. The Hall–Kier alpha value is -1.39. The monoisotopic (exact) mass is 248 g/mol. The van der Waals surface area contributed by atoms with Gasteiger partial charge in [0.15, 0.2) is 0 Å². The highest BCUT2D eigenvalue weighted by Crippen LogP contribution is 2.18. The minimum Gasteiger partial charge on any atom is -0.380 e. The summed E-state index contributed by atoms with van der Waals surface area (Å²) in [5, 5.41) is 0. The molecule has 2 rings (SSSR count). The van der Waals surface area contributed by atoms with Crippen molar-refractivity contribution in [2.45, 2.75) is 25.0 Å². The summed E-state index contributed by atoms with van der Waals surface area (Å²) in [7, 11) is 1.69. The average molecular weight is 248 g/mol. The van der Waals surface area contributed by atoms with E-state index in [1.54, 1.807) is 7.11 Å². The smallest absolute Gasteiger partial charge is 0.224 e. The van der Waals surface area contributed by atoms with Gasteiger partial charge in [0.1, 0.15) is 0 Å². The Morgan fingerprint density at radius 3 is 2.83 bits per heavy atom. The molecule has 0 saturated carbocycles. The van der Waals surface area contributed by atoms with Crippen LogP contribution in [-0.4, -0.2) is 37.1 Å². The summed E-state index contributed by atoms with van der Waals surface area (Å²) < 4.78 is 5.26. The topological polar surface area (TPSA) is 55.6 Å². The maximum absolute atomic E-state index is 12.1. The van der Waals surface area contributed by atoms with Crippen LogP contribution < -0.4 is 5.73 Å². The van der Waals surface area contributed by atoms with E-state index in [9.17, 15) is 4.79 Å². The van der Waals surface area contributed by atoms with E-state index in [0.717, 1.165) is 18.5 Å². The number of nitrogens with zero attached hydrogens (tertiary/aromatic N) is 1. The van der Waals surface area contributed by atoms with E-state index in [4.69, 9.17) is 10.5 Å². The van der Waals surface area contributed by atoms with Crippen LogP contribution in [-0.2, 0) is 9.53 Å². The zero-order chi connectivity index (χ0) is 13.0. The van der Waals surface area contributed by atoms with Gasteiger partial charge >= 0.3 is 0 Å². The number of hydrogen-bond donors (Lipinski definition) is 1. The number of likely N-dealkylation sites (tertiary alicyclic amines) is 1. The number of carbonyl (C=O) groups is 1. The molecule has 1 heterocycles. The fraction of sp³-hybridized carbons (Fsp3) is 0.500. The van der Waals surface area contributed by atoms with E-state index in [1.165, 1.54) is 0 Å². The second-order valence-electron chi connectivity index (χ2n) is 4.71. The molecule has 1 saturated heterocycles. The van der Waals surface area contributed by atoms with Crippen molar-refractivity contribution < 1.29 is 9.53 Å². The van der Waals surface area contributed by atoms with Gasteiger partial charge in [-0.15, -0.1) is 0 Å². The normalized spacial score (nSPS) is 21.0. The van der Waals surface area contributed by atoms with E-state index in [1.807, 2.05) is 35.2 Å². The van der Waals surface area contributed by atoms with Gasteiger partial charge in [-0.05, 0) is 12.0 Å². The summed E-state index contributed by atoms with van der Waals surface area (Å²) in [6.07, 6.45) is 1.46. The summed E-state index contributed by atoms with van der Waals surface area (Å²) in [5.74, 6) is 0.117. The van der Waals surface area contributed by atoms with Gasteiger partial charge in [-0.25, -0.2) is 0 Å². The van der Waals surface area contributed by atoms with Crippen LogP contribution >= 0.6 is 0 Å². The summed E-state index contributed by atoms with van der Waals surface area (Å²) in [4.78, 5) is 13.9. The van der Waals surface area contributed by atoms with Crippen molar-refractivity contribution in [2.24, 2.45) is 5.73 Å². The second kappa shape index (κ2) is 5.98. The molecule has 0 aliphatic carbocycles. The molecule has 4 nitrogen and oxygen atoms in total. The lowest BCUT2D eigenvalue weighted by atomic mass is 10.0. The van der Waals surface area contributed by atoms with Gasteiger partial charge in [0.25, 0.3) is 0 Å². The van der Waals surface area contributed by atoms with Crippen LogP contribution in [0.4, 0.5) is 0 Å². The van der Waals surface area contributed by atoms with Gasteiger partial charge < -0.3 is 15.4 Å². The largest absolute Gasteiger partial charge is 0.380 e. The fourth-order valence-electron chi connectivity index (χ4n) is 2.28. The number of nitrogens with two attached hydrogens (primary N) is 1. The van der Waals surface area contributed by atoms with Crippen molar-refractivity contribution in [3.05, 3.63) is 35.9 Å². The number of benzene rings is 1. The first-order chi connectivity index (χ1) is 8.70. The van der Waals surface area contributed by atoms with Gasteiger partial charge in [-0.2, -0.15) is 0 Å². The molecule has 2 N–H and O–H groups in total. The van der Waals surface area contributed by atoms with Crippen LogP contribution in [0.2, 0.25) is 0 Å². The molecule has 1 amide bonds. The fourth-order valence-corrected chi connectivity index (χ4v) is 2.28.